The van der Waals surface area contributed by atoms with Gasteiger partial charge in [0, 0.05) is 62.6 Å². The summed E-state index contributed by atoms with van der Waals surface area (Å²) in [5.74, 6) is 1.64. The van der Waals surface area contributed by atoms with Crippen molar-refractivity contribution in [1.82, 2.24) is 9.80 Å². The molecule has 4 aliphatic heterocycles. The van der Waals surface area contributed by atoms with Crippen LogP contribution >= 0.6 is 0 Å². The Bertz CT molecular complexity index is 999. The van der Waals surface area contributed by atoms with Gasteiger partial charge in [-0.1, -0.05) is 19.9 Å². The first-order chi connectivity index (χ1) is 18.9. The van der Waals surface area contributed by atoms with E-state index in [1.165, 1.54) is 50.8 Å². The van der Waals surface area contributed by atoms with E-state index in [9.17, 15) is 9.59 Å². The Morgan fingerprint density at radius 1 is 0.974 bits per heavy atom. The van der Waals surface area contributed by atoms with Crippen molar-refractivity contribution in [2.24, 2.45) is 17.8 Å². The Morgan fingerprint density at radius 3 is 2.36 bits per heavy atom. The first kappa shape index (κ1) is 28.3. The number of piperidine rings is 2. The summed E-state index contributed by atoms with van der Waals surface area (Å²) in [5.41, 5.74) is 3.38. The molecule has 7 nitrogen and oxygen atoms in total. The number of benzene rings is 1. The molecule has 2 amide bonds. The maximum atomic E-state index is 12.8. The van der Waals surface area contributed by atoms with E-state index in [2.05, 4.69) is 41.8 Å². The third-order valence-electron chi connectivity index (χ3n) is 10.4. The minimum absolute atomic E-state index is 0.0343. The number of ether oxygens (including phenoxy) is 1. The number of hydrogen-bond donors (Lipinski definition) is 0. The van der Waals surface area contributed by atoms with Crippen LogP contribution in [0.5, 0.6) is 0 Å². The Morgan fingerprint density at radius 2 is 1.67 bits per heavy atom. The molecule has 1 aromatic rings. The summed E-state index contributed by atoms with van der Waals surface area (Å²) in [6.45, 7) is 11.7. The molecule has 4 saturated heterocycles. The fourth-order valence-corrected chi connectivity index (χ4v) is 7.60. The van der Waals surface area contributed by atoms with Crippen molar-refractivity contribution < 1.29 is 14.3 Å². The van der Waals surface area contributed by atoms with Crippen LogP contribution in [-0.2, 0) is 9.53 Å². The number of anilines is 2. The molecule has 216 valence electrons. The summed E-state index contributed by atoms with van der Waals surface area (Å²) in [7, 11) is 1.91. The highest BCUT2D eigenvalue weighted by Gasteiger charge is 2.38. The molecular formula is C32H50N4O3. The molecule has 39 heavy (non-hydrogen) atoms. The second-order valence-corrected chi connectivity index (χ2v) is 12.7. The molecule has 4 aliphatic rings. The number of amides is 2. The molecule has 0 bridgehead atoms. The van der Waals surface area contributed by atoms with E-state index in [4.69, 9.17) is 4.74 Å². The number of carbonyl (C=O) groups excluding carboxylic acids is 2. The minimum Gasteiger partial charge on any atom is -0.448 e. The SMILES string of the molecule is CCC(C)C(=O)N(C)c1cc(N2CCC(C3CCN(C(=O)OCC4CCC5CCCN54)CC3)CC2)ccc1C. The van der Waals surface area contributed by atoms with Gasteiger partial charge in [-0.05, 0) is 101 Å². The highest BCUT2D eigenvalue weighted by Crippen LogP contribution is 2.36. The maximum Gasteiger partial charge on any atom is 0.409 e. The van der Waals surface area contributed by atoms with E-state index in [0.717, 1.165) is 68.7 Å². The molecule has 3 atom stereocenters. The quantitative estimate of drug-likeness (QED) is 0.446. The summed E-state index contributed by atoms with van der Waals surface area (Å²) in [6, 6.07) is 7.75. The molecule has 0 saturated carbocycles. The average molecular weight is 539 g/mol. The number of fused-ring (bicyclic) bond motifs is 1. The van der Waals surface area contributed by atoms with E-state index < -0.39 is 0 Å². The second-order valence-electron chi connectivity index (χ2n) is 12.7. The fourth-order valence-electron chi connectivity index (χ4n) is 7.60. The normalized spacial score (nSPS) is 25.5. The smallest absolute Gasteiger partial charge is 0.409 e. The summed E-state index contributed by atoms with van der Waals surface area (Å²) in [6.07, 6.45) is 10.4. The first-order valence-electron chi connectivity index (χ1n) is 15.7. The van der Waals surface area contributed by atoms with Crippen LogP contribution in [0, 0.1) is 24.7 Å². The van der Waals surface area contributed by atoms with E-state index in [1.807, 2.05) is 23.8 Å². The van der Waals surface area contributed by atoms with Gasteiger partial charge < -0.3 is 19.4 Å². The Labute approximate surface area is 235 Å². The number of carbonyl (C=O) groups is 2. The molecule has 3 unspecified atom stereocenters. The molecule has 5 rings (SSSR count). The Balaban J connectivity index is 1.07. The molecule has 0 radical (unpaired) electrons. The van der Waals surface area contributed by atoms with Crippen molar-refractivity contribution in [3.63, 3.8) is 0 Å². The lowest BCUT2D eigenvalue weighted by Crippen LogP contribution is -2.44. The summed E-state index contributed by atoms with van der Waals surface area (Å²) in [4.78, 5) is 34.5. The lowest BCUT2D eigenvalue weighted by Gasteiger charge is -2.41. The minimum atomic E-state index is -0.0992. The van der Waals surface area contributed by atoms with Gasteiger partial charge in [0.15, 0.2) is 0 Å². The summed E-state index contributed by atoms with van der Waals surface area (Å²) >= 11 is 0. The van der Waals surface area contributed by atoms with Crippen LogP contribution in [0.4, 0.5) is 16.2 Å². The van der Waals surface area contributed by atoms with Crippen LogP contribution in [0.25, 0.3) is 0 Å². The molecule has 0 aromatic heterocycles. The largest absolute Gasteiger partial charge is 0.448 e. The van der Waals surface area contributed by atoms with Crippen LogP contribution in [0.1, 0.15) is 77.2 Å². The van der Waals surface area contributed by atoms with E-state index in [-0.39, 0.29) is 17.9 Å². The molecule has 7 heteroatoms. The van der Waals surface area contributed by atoms with Crippen LogP contribution in [0.2, 0.25) is 0 Å². The first-order valence-corrected chi connectivity index (χ1v) is 15.7. The van der Waals surface area contributed by atoms with Crippen molar-refractivity contribution in [1.29, 1.82) is 0 Å². The zero-order chi connectivity index (χ0) is 27.5. The molecule has 4 fully saturated rings. The lowest BCUT2D eigenvalue weighted by atomic mass is 9.79. The van der Waals surface area contributed by atoms with Crippen molar-refractivity contribution in [3.8, 4) is 0 Å². The van der Waals surface area contributed by atoms with Gasteiger partial charge in [-0.3, -0.25) is 9.69 Å². The maximum absolute atomic E-state index is 12.8. The lowest BCUT2D eigenvalue weighted by molar-refractivity contribution is -0.121. The highest BCUT2D eigenvalue weighted by atomic mass is 16.6. The second kappa shape index (κ2) is 12.5. The number of nitrogens with zero attached hydrogens (tertiary/aromatic N) is 4. The van der Waals surface area contributed by atoms with Crippen LogP contribution in [0.15, 0.2) is 18.2 Å². The molecule has 0 N–H and O–H groups in total. The summed E-state index contributed by atoms with van der Waals surface area (Å²) < 4.78 is 5.80. The average Bonchev–Trinajstić information content (AvgIpc) is 3.60. The van der Waals surface area contributed by atoms with Gasteiger partial charge in [-0.25, -0.2) is 4.79 Å². The van der Waals surface area contributed by atoms with Crippen LogP contribution in [0.3, 0.4) is 0 Å². The molecule has 0 aliphatic carbocycles. The predicted molar refractivity (Wildman–Crippen MR) is 157 cm³/mol. The van der Waals surface area contributed by atoms with Crippen molar-refractivity contribution in [2.75, 3.05) is 56.2 Å². The van der Waals surface area contributed by atoms with Gasteiger partial charge in [0.05, 0.1) is 0 Å². The van der Waals surface area contributed by atoms with Gasteiger partial charge in [-0.15, -0.1) is 0 Å². The van der Waals surface area contributed by atoms with Gasteiger partial charge in [0.2, 0.25) is 5.91 Å². The number of hydrogen-bond acceptors (Lipinski definition) is 5. The van der Waals surface area contributed by atoms with E-state index in [0.29, 0.717) is 18.6 Å². The Kier molecular flexibility index (Phi) is 9.05. The van der Waals surface area contributed by atoms with Crippen LogP contribution < -0.4 is 9.80 Å². The standard InChI is InChI=1S/C32H50N4O3/c1-5-23(2)31(37)33(4)30-21-28(9-8-24(30)3)34-17-12-25(13-18-34)26-14-19-35(20-15-26)32(38)39-22-29-11-10-27-7-6-16-36(27)29/h8-9,21,23,25-27,29H,5-7,10-20,22H2,1-4H3. The Hall–Kier alpha value is -2.28. The highest BCUT2D eigenvalue weighted by molar-refractivity contribution is 5.95. The molecular weight excluding hydrogens is 488 g/mol. The zero-order valence-corrected chi connectivity index (χ0v) is 24.7. The third-order valence-corrected chi connectivity index (χ3v) is 10.4. The van der Waals surface area contributed by atoms with Crippen molar-refractivity contribution in [3.05, 3.63) is 23.8 Å². The van der Waals surface area contributed by atoms with Gasteiger partial charge in [0.25, 0.3) is 0 Å². The monoisotopic (exact) mass is 538 g/mol. The zero-order valence-electron chi connectivity index (χ0n) is 24.7. The van der Waals surface area contributed by atoms with Crippen molar-refractivity contribution >= 4 is 23.4 Å². The van der Waals surface area contributed by atoms with Gasteiger partial charge in [-0.2, -0.15) is 0 Å². The summed E-state index contributed by atoms with van der Waals surface area (Å²) in [5, 5.41) is 0. The number of likely N-dealkylation sites (tertiary alicyclic amines) is 1. The van der Waals surface area contributed by atoms with Gasteiger partial charge >= 0.3 is 6.09 Å². The molecule has 0 spiro atoms. The van der Waals surface area contributed by atoms with Gasteiger partial charge in [0.1, 0.15) is 6.61 Å². The fraction of sp³-hybridized carbons (Fsp3) is 0.750. The van der Waals surface area contributed by atoms with E-state index >= 15 is 0 Å². The van der Waals surface area contributed by atoms with Crippen molar-refractivity contribution in [2.45, 2.75) is 90.6 Å². The van der Waals surface area contributed by atoms with E-state index in [1.54, 1.807) is 0 Å². The number of rotatable bonds is 7. The molecule has 1 aromatic carbocycles. The topological polar surface area (TPSA) is 56.3 Å². The number of aryl methyl sites for hydroxylation is 1. The predicted octanol–water partition coefficient (Wildman–Crippen LogP) is 5.70. The molecule has 4 heterocycles. The van der Waals surface area contributed by atoms with Crippen LogP contribution in [-0.4, -0.2) is 80.3 Å². The third kappa shape index (κ3) is 6.23.